The van der Waals surface area contributed by atoms with E-state index in [2.05, 4.69) is 4.90 Å². The minimum Gasteiger partial charge on any atom is -0.343 e. The first-order chi connectivity index (χ1) is 14.1. The number of piperidine rings is 2. The number of nitrogens with zero attached hydrogens (tertiary/aromatic N) is 3. The van der Waals surface area contributed by atoms with E-state index in [4.69, 9.17) is 4.98 Å². The summed E-state index contributed by atoms with van der Waals surface area (Å²) in [5.74, 6) is 2.17. The van der Waals surface area contributed by atoms with Gasteiger partial charge in [-0.3, -0.25) is 14.6 Å². The average Bonchev–Trinajstić information content (AvgIpc) is 2.77. The van der Waals surface area contributed by atoms with Crippen LogP contribution in [0, 0.1) is 18.8 Å². The van der Waals surface area contributed by atoms with Gasteiger partial charge < -0.3 is 9.80 Å². The minimum absolute atomic E-state index is 0.170. The molecule has 3 aliphatic rings. The molecule has 1 aliphatic carbocycles. The molecule has 4 rings (SSSR count). The predicted octanol–water partition coefficient (Wildman–Crippen LogP) is 4.16. The summed E-state index contributed by atoms with van der Waals surface area (Å²) in [4.78, 5) is 34.4. The van der Waals surface area contributed by atoms with Gasteiger partial charge in [-0.25, -0.2) is 0 Å². The van der Waals surface area contributed by atoms with E-state index in [0.717, 1.165) is 68.3 Å². The molecule has 0 aromatic carbocycles. The summed E-state index contributed by atoms with van der Waals surface area (Å²) >= 11 is 0. The smallest absolute Gasteiger partial charge is 0.255 e. The molecule has 2 aliphatic heterocycles. The molecule has 2 atom stereocenters. The number of carbonyl (C=O) groups is 2. The van der Waals surface area contributed by atoms with Crippen LogP contribution in [0.1, 0.15) is 86.0 Å². The lowest BCUT2D eigenvalue weighted by molar-refractivity contribution is -0.131. The number of fused-ring (bicyclic) bond motifs is 1. The highest BCUT2D eigenvalue weighted by atomic mass is 16.2. The van der Waals surface area contributed by atoms with E-state index in [-0.39, 0.29) is 17.7 Å². The van der Waals surface area contributed by atoms with Crippen molar-refractivity contribution >= 4 is 11.8 Å². The van der Waals surface area contributed by atoms with Crippen LogP contribution in [0.25, 0.3) is 0 Å². The third-order valence-corrected chi connectivity index (χ3v) is 7.41. The van der Waals surface area contributed by atoms with Crippen molar-refractivity contribution in [2.24, 2.45) is 11.8 Å². The van der Waals surface area contributed by atoms with E-state index in [9.17, 15) is 9.59 Å². The Hall–Kier alpha value is -1.91. The van der Waals surface area contributed by atoms with Gasteiger partial charge >= 0.3 is 0 Å². The second-order valence-electron chi connectivity index (χ2n) is 9.24. The maximum absolute atomic E-state index is 13.5. The predicted molar refractivity (Wildman–Crippen MR) is 114 cm³/mol. The Bertz CT molecular complexity index is 754. The number of aromatic nitrogens is 1. The summed E-state index contributed by atoms with van der Waals surface area (Å²) in [5, 5.41) is 0. The third kappa shape index (κ3) is 4.34. The van der Waals surface area contributed by atoms with E-state index in [0.29, 0.717) is 12.3 Å². The fraction of sp³-hybridized carbons (Fsp3) is 0.708. The molecular weight excluding hydrogens is 362 g/mol. The number of hydrogen-bond acceptors (Lipinski definition) is 3. The Morgan fingerprint density at radius 1 is 0.966 bits per heavy atom. The molecule has 0 spiro atoms. The first-order valence-electron chi connectivity index (χ1n) is 11.6. The lowest BCUT2D eigenvalue weighted by atomic mass is 9.75. The van der Waals surface area contributed by atoms with Gasteiger partial charge in [0.2, 0.25) is 5.91 Å². The number of carbonyl (C=O) groups excluding carboxylic acids is 2. The fourth-order valence-corrected chi connectivity index (χ4v) is 5.65. The van der Waals surface area contributed by atoms with E-state index < -0.39 is 0 Å². The van der Waals surface area contributed by atoms with Gasteiger partial charge in [0.15, 0.2) is 0 Å². The van der Waals surface area contributed by atoms with Crippen LogP contribution in [0.2, 0.25) is 0 Å². The van der Waals surface area contributed by atoms with Crippen molar-refractivity contribution < 1.29 is 9.59 Å². The Morgan fingerprint density at radius 2 is 1.66 bits per heavy atom. The van der Waals surface area contributed by atoms with Crippen LogP contribution in [0.4, 0.5) is 0 Å². The Balaban J connectivity index is 1.49. The monoisotopic (exact) mass is 397 g/mol. The van der Waals surface area contributed by atoms with Crippen LogP contribution in [0.5, 0.6) is 0 Å². The van der Waals surface area contributed by atoms with Crippen molar-refractivity contribution in [3.8, 4) is 0 Å². The van der Waals surface area contributed by atoms with Crippen LogP contribution in [0.15, 0.2) is 12.1 Å². The number of aryl methyl sites for hydroxylation is 1. The molecule has 0 radical (unpaired) electrons. The molecule has 0 N–H and O–H groups in total. The van der Waals surface area contributed by atoms with Crippen LogP contribution in [-0.4, -0.2) is 52.8 Å². The maximum atomic E-state index is 13.5. The second kappa shape index (κ2) is 8.85. The normalized spacial score (nSPS) is 25.6. The number of rotatable bonds is 3. The van der Waals surface area contributed by atoms with E-state index >= 15 is 0 Å². The van der Waals surface area contributed by atoms with E-state index in [1.807, 2.05) is 30.9 Å². The number of likely N-dealkylation sites (tertiary alicyclic amines) is 2. The molecule has 1 aromatic rings. The zero-order chi connectivity index (χ0) is 20.4. The fourth-order valence-electron chi connectivity index (χ4n) is 5.65. The average molecular weight is 398 g/mol. The molecule has 2 amide bonds. The van der Waals surface area contributed by atoms with Crippen LogP contribution in [0.3, 0.4) is 0 Å². The van der Waals surface area contributed by atoms with Gasteiger partial charge in [0.05, 0.1) is 11.3 Å². The summed E-state index contributed by atoms with van der Waals surface area (Å²) < 4.78 is 0. The molecule has 1 aromatic heterocycles. The zero-order valence-corrected chi connectivity index (χ0v) is 18.0. The highest BCUT2D eigenvalue weighted by Crippen LogP contribution is 2.37. The lowest BCUT2D eigenvalue weighted by Gasteiger charge is -2.41. The second-order valence-corrected chi connectivity index (χ2v) is 9.24. The lowest BCUT2D eigenvalue weighted by Crippen LogP contribution is -2.45. The first-order valence-corrected chi connectivity index (χ1v) is 11.6. The molecular formula is C24H35N3O2. The van der Waals surface area contributed by atoms with Crippen molar-refractivity contribution in [2.45, 2.75) is 71.1 Å². The topological polar surface area (TPSA) is 53.5 Å². The van der Waals surface area contributed by atoms with Crippen molar-refractivity contribution in [1.29, 1.82) is 0 Å². The van der Waals surface area contributed by atoms with Crippen LogP contribution >= 0.6 is 0 Å². The summed E-state index contributed by atoms with van der Waals surface area (Å²) in [5.41, 5.74) is 2.73. The van der Waals surface area contributed by atoms with E-state index in [1.54, 1.807) is 0 Å². The molecule has 0 bridgehead atoms. The summed E-state index contributed by atoms with van der Waals surface area (Å²) in [6, 6.07) is 3.97. The van der Waals surface area contributed by atoms with Gasteiger partial charge in [0.1, 0.15) is 0 Å². The molecule has 2 saturated heterocycles. The third-order valence-electron chi connectivity index (χ3n) is 7.41. The summed E-state index contributed by atoms with van der Waals surface area (Å²) in [6.45, 7) is 7.27. The molecule has 2 unspecified atom stereocenters. The Kier molecular flexibility index (Phi) is 6.21. The highest BCUT2D eigenvalue weighted by molar-refractivity contribution is 5.95. The van der Waals surface area contributed by atoms with Gasteiger partial charge in [-0.2, -0.15) is 0 Å². The molecule has 5 nitrogen and oxygen atoms in total. The van der Waals surface area contributed by atoms with Gasteiger partial charge in [-0.15, -0.1) is 0 Å². The quantitative estimate of drug-likeness (QED) is 0.770. The largest absolute Gasteiger partial charge is 0.343 e. The maximum Gasteiger partial charge on any atom is 0.255 e. The van der Waals surface area contributed by atoms with Crippen LogP contribution < -0.4 is 0 Å². The molecule has 158 valence electrons. The number of amides is 2. The molecule has 3 fully saturated rings. The molecule has 5 heteroatoms. The van der Waals surface area contributed by atoms with Gasteiger partial charge in [0, 0.05) is 44.2 Å². The molecule has 3 heterocycles. The van der Waals surface area contributed by atoms with Crippen LogP contribution in [-0.2, 0) is 4.79 Å². The van der Waals surface area contributed by atoms with Gasteiger partial charge in [0.25, 0.3) is 5.91 Å². The number of pyridine rings is 1. The van der Waals surface area contributed by atoms with Crippen molar-refractivity contribution in [3.63, 3.8) is 0 Å². The highest BCUT2D eigenvalue weighted by Gasteiger charge is 2.35. The Morgan fingerprint density at radius 3 is 2.38 bits per heavy atom. The van der Waals surface area contributed by atoms with Gasteiger partial charge in [-0.05, 0) is 56.6 Å². The standard InChI is InChI=1S/C24H35N3O2/c1-3-22(28)26-13-11-19(12-14-26)23-21(9-8-17(2)25-23)24(29)27-15-10-18-6-4-5-7-20(18)16-27/h8-9,18-20H,3-7,10-16H2,1-2H3. The molecule has 1 saturated carbocycles. The minimum atomic E-state index is 0.170. The SMILES string of the molecule is CCC(=O)N1CCC(c2nc(C)ccc2C(=O)N2CCC3CCCCC3C2)CC1. The van der Waals surface area contributed by atoms with Crippen molar-refractivity contribution in [1.82, 2.24) is 14.8 Å². The van der Waals surface area contributed by atoms with Gasteiger partial charge in [-0.1, -0.05) is 26.2 Å². The van der Waals surface area contributed by atoms with E-state index in [1.165, 1.54) is 25.7 Å². The first kappa shape index (κ1) is 20.4. The zero-order valence-electron chi connectivity index (χ0n) is 18.0. The van der Waals surface area contributed by atoms with Crippen molar-refractivity contribution in [3.05, 3.63) is 29.1 Å². The molecule has 29 heavy (non-hydrogen) atoms. The Labute approximate surface area is 174 Å². The number of hydrogen-bond donors (Lipinski definition) is 0. The summed E-state index contributed by atoms with van der Waals surface area (Å²) in [7, 11) is 0. The summed E-state index contributed by atoms with van der Waals surface area (Å²) in [6.07, 6.45) is 8.81. The van der Waals surface area contributed by atoms with Crippen molar-refractivity contribution in [2.75, 3.05) is 26.2 Å².